The van der Waals surface area contributed by atoms with Crippen LogP contribution in [0.2, 0.25) is 5.02 Å². The number of carbonyl (C=O) groups is 1. The Hall–Kier alpha value is -0.350. The Bertz CT molecular complexity index is 478. The molecule has 1 saturated carbocycles. The minimum absolute atomic E-state index is 0.0729. The second-order valence-electron chi connectivity index (χ2n) is 4.05. The van der Waals surface area contributed by atoms with Gasteiger partial charge in [-0.1, -0.05) is 40.9 Å². The van der Waals surface area contributed by atoms with Gasteiger partial charge in [-0.3, -0.25) is 0 Å². The third-order valence-corrected chi connectivity index (χ3v) is 4.59. The van der Waals surface area contributed by atoms with E-state index in [9.17, 15) is 14.3 Å². The molecular weight excluding hydrogens is 289 g/mol. The summed E-state index contributed by atoms with van der Waals surface area (Å²) in [7, 11) is 0. The Morgan fingerprint density at radius 3 is 2.53 bits per heavy atom. The highest BCUT2D eigenvalue weighted by Gasteiger charge is 2.76. The maximum atomic E-state index is 13.0. The van der Waals surface area contributed by atoms with Gasteiger partial charge in [0.05, 0.1) is 17.0 Å². The summed E-state index contributed by atoms with van der Waals surface area (Å²) in [4.78, 5) is 11.0. The van der Waals surface area contributed by atoms with Gasteiger partial charge in [0.1, 0.15) is 16.4 Å². The summed E-state index contributed by atoms with van der Waals surface area (Å²) in [6.45, 7) is -0.469. The van der Waals surface area contributed by atoms with E-state index in [0.717, 1.165) is 0 Å². The van der Waals surface area contributed by atoms with Crippen LogP contribution in [-0.4, -0.2) is 22.3 Å². The number of rotatable bonds is 3. The molecule has 1 aromatic rings. The van der Waals surface area contributed by atoms with Crippen LogP contribution in [0.3, 0.4) is 0 Å². The molecule has 0 aromatic heterocycles. The fourth-order valence-corrected chi connectivity index (χ4v) is 3.20. The van der Waals surface area contributed by atoms with Crippen molar-refractivity contribution in [1.82, 2.24) is 0 Å². The first-order valence-electron chi connectivity index (χ1n) is 4.80. The van der Waals surface area contributed by atoms with Crippen molar-refractivity contribution < 1.29 is 14.3 Å². The van der Waals surface area contributed by atoms with Gasteiger partial charge >= 0.3 is 0 Å². The van der Waals surface area contributed by atoms with Crippen LogP contribution >= 0.6 is 34.8 Å². The standard InChI is InChI=1S/C11H8Cl3FO2/c12-7-3-6(1-2-8(7)15)9-10(4-16,5-17)11(9,13)14/h1-4,9,17H,5H2. The van der Waals surface area contributed by atoms with Crippen molar-refractivity contribution in [3.8, 4) is 0 Å². The Kier molecular flexibility index (Phi) is 3.15. The predicted molar refractivity (Wildman–Crippen MR) is 64.2 cm³/mol. The summed E-state index contributed by atoms with van der Waals surface area (Å²) in [5, 5.41) is 9.17. The van der Waals surface area contributed by atoms with Gasteiger partial charge in [-0.05, 0) is 17.7 Å². The molecule has 0 amide bonds. The molecule has 2 nitrogen and oxygen atoms in total. The van der Waals surface area contributed by atoms with Gasteiger partial charge in [-0.2, -0.15) is 0 Å². The fraction of sp³-hybridized carbons (Fsp3) is 0.364. The number of benzene rings is 1. The van der Waals surface area contributed by atoms with E-state index in [-0.39, 0.29) is 5.02 Å². The predicted octanol–water partition coefficient (Wildman–Crippen LogP) is 2.93. The molecule has 1 aliphatic carbocycles. The van der Waals surface area contributed by atoms with E-state index < -0.39 is 28.1 Å². The van der Waals surface area contributed by atoms with Crippen molar-refractivity contribution in [3.63, 3.8) is 0 Å². The lowest BCUT2D eigenvalue weighted by Crippen LogP contribution is -2.16. The van der Waals surface area contributed by atoms with E-state index in [1.165, 1.54) is 18.2 Å². The van der Waals surface area contributed by atoms with E-state index in [2.05, 4.69) is 0 Å². The Morgan fingerprint density at radius 1 is 1.47 bits per heavy atom. The van der Waals surface area contributed by atoms with Gasteiger partial charge < -0.3 is 9.90 Å². The van der Waals surface area contributed by atoms with Crippen molar-refractivity contribution in [2.24, 2.45) is 5.41 Å². The Labute approximate surface area is 112 Å². The molecule has 0 heterocycles. The zero-order chi connectivity index (χ0) is 12.8. The first-order chi connectivity index (χ1) is 7.90. The van der Waals surface area contributed by atoms with Crippen LogP contribution in [-0.2, 0) is 4.79 Å². The van der Waals surface area contributed by atoms with E-state index in [1.807, 2.05) is 0 Å². The third-order valence-electron chi connectivity index (χ3n) is 3.16. The molecule has 6 heteroatoms. The maximum absolute atomic E-state index is 13.0. The molecule has 92 valence electrons. The van der Waals surface area contributed by atoms with Crippen LogP contribution in [0.15, 0.2) is 18.2 Å². The Morgan fingerprint density at radius 2 is 2.12 bits per heavy atom. The zero-order valence-corrected chi connectivity index (χ0v) is 10.7. The van der Waals surface area contributed by atoms with Crippen molar-refractivity contribution in [1.29, 1.82) is 0 Å². The highest BCUT2D eigenvalue weighted by Crippen LogP contribution is 2.72. The molecule has 0 bridgehead atoms. The van der Waals surface area contributed by atoms with Gasteiger partial charge in [-0.25, -0.2) is 4.39 Å². The van der Waals surface area contributed by atoms with Crippen molar-refractivity contribution >= 4 is 41.1 Å². The average Bonchev–Trinajstić information content (AvgIpc) is 2.79. The average molecular weight is 298 g/mol. The molecule has 0 aliphatic heterocycles. The monoisotopic (exact) mass is 296 g/mol. The van der Waals surface area contributed by atoms with Crippen LogP contribution < -0.4 is 0 Å². The molecular formula is C11H8Cl3FO2. The minimum atomic E-state index is -1.38. The van der Waals surface area contributed by atoms with E-state index >= 15 is 0 Å². The quantitative estimate of drug-likeness (QED) is 0.688. The molecule has 0 radical (unpaired) electrons. The van der Waals surface area contributed by atoms with Gasteiger partial charge in [0.25, 0.3) is 0 Å². The lowest BCUT2D eigenvalue weighted by Gasteiger charge is -2.05. The smallest absolute Gasteiger partial charge is 0.141 e. The lowest BCUT2D eigenvalue weighted by molar-refractivity contribution is -0.113. The van der Waals surface area contributed by atoms with Crippen LogP contribution in [0.4, 0.5) is 4.39 Å². The second kappa shape index (κ2) is 4.09. The number of aliphatic hydroxyl groups excluding tert-OH is 1. The van der Waals surface area contributed by atoms with Gasteiger partial charge in [-0.15, -0.1) is 0 Å². The second-order valence-corrected chi connectivity index (χ2v) is 5.84. The van der Waals surface area contributed by atoms with E-state index in [4.69, 9.17) is 34.8 Å². The number of alkyl halides is 2. The van der Waals surface area contributed by atoms with E-state index in [0.29, 0.717) is 11.8 Å². The van der Waals surface area contributed by atoms with Crippen molar-refractivity contribution in [3.05, 3.63) is 34.6 Å². The van der Waals surface area contributed by atoms with Crippen molar-refractivity contribution in [2.45, 2.75) is 10.3 Å². The SMILES string of the molecule is O=CC1(CO)C(c2ccc(F)c(Cl)c2)C1(Cl)Cl. The molecule has 1 aromatic carbocycles. The molecule has 2 unspecified atom stereocenters. The zero-order valence-electron chi connectivity index (χ0n) is 8.46. The number of carbonyl (C=O) groups excluding carboxylic acids is 1. The summed E-state index contributed by atoms with van der Waals surface area (Å²) < 4.78 is 11.6. The number of aliphatic hydroxyl groups is 1. The summed E-state index contributed by atoms with van der Waals surface area (Å²) in [5.41, 5.74) is -0.709. The van der Waals surface area contributed by atoms with Crippen LogP contribution in [0, 0.1) is 11.2 Å². The lowest BCUT2D eigenvalue weighted by atomic mass is 10.0. The third kappa shape index (κ3) is 1.68. The maximum Gasteiger partial charge on any atom is 0.141 e. The normalized spacial score (nSPS) is 30.1. The highest BCUT2D eigenvalue weighted by atomic mass is 35.5. The van der Waals surface area contributed by atoms with Crippen LogP contribution in [0.25, 0.3) is 0 Å². The number of halogens is 4. The molecule has 1 N–H and O–H groups in total. The van der Waals surface area contributed by atoms with Crippen LogP contribution in [0.1, 0.15) is 11.5 Å². The molecule has 1 aliphatic rings. The first kappa shape index (κ1) is 13.1. The molecule has 17 heavy (non-hydrogen) atoms. The molecule has 0 saturated heterocycles. The van der Waals surface area contributed by atoms with Crippen molar-refractivity contribution in [2.75, 3.05) is 6.61 Å². The summed E-state index contributed by atoms with van der Waals surface area (Å²) >= 11 is 17.6. The number of aldehydes is 1. The summed E-state index contributed by atoms with van der Waals surface area (Å²) in [5.74, 6) is -1.15. The molecule has 0 spiro atoms. The number of hydrogen-bond donors (Lipinski definition) is 1. The summed E-state index contributed by atoms with van der Waals surface area (Å²) in [6, 6.07) is 3.99. The largest absolute Gasteiger partial charge is 0.395 e. The minimum Gasteiger partial charge on any atom is -0.395 e. The molecule has 2 atom stereocenters. The Balaban J connectivity index is 2.43. The molecule has 1 fully saturated rings. The first-order valence-corrected chi connectivity index (χ1v) is 5.94. The van der Waals surface area contributed by atoms with E-state index in [1.54, 1.807) is 0 Å². The highest BCUT2D eigenvalue weighted by molar-refractivity contribution is 6.54. The fourth-order valence-electron chi connectivity index (χ4n) is 2.06. The topological polar surface area (TPSA) is 37.3 Å². The van der Waals surface area contributed by atoms with Gasteiger partial charge in [0.2, 0.25) is 0 Å². The van der Waals surface area contributed by atoms with Gasteiger partial charge in [0, 0.05) is 5.92 Å². The van der Waals surface area contributed by atoms with Gasteiger partial charge in [0.15, 0.2) is 0 Å². The molecule has 2 rings (SSSR count). The number of hydrogen-bond acceptors (Lipinski definition) is 2. The summed E-state index contributed by atoms with van der Waals surface area (Å²) in [6.07, 6.45) is 0.537. The van der Waals surface area contributed by atoms with Crippen LogP contribution in [0.5, 0.6) is 0 Å².